The molecule has 1 saturated carbocycles. The SMILES string of the molecule is CNCCC(=O)N1CCN(C(=O)CCC2CCCC2)CC1.Cl. The number of piperazine rings is 1. The van der Waals surface area contributed by atoms with Crippen LogP contribution in [-0.2, 0) is 9.59 Å². The van der Waals surface area contributed by atoms with Crippen LogP contribution in [0, 0.1) is 5.92 Å². The molecule has 1 saturated heterocycles. The number of nitrogens with one attached hydrogen (secondary N) is 1. The number of nitrogens with zero attached hydrogens (tertiary/aromatic N) is 2. The second-order valence-electron chi connectivity index (χ2n) is 6.30. The first-order valence-corrected chi connectivity index (χ1v) is 8.41. The average Bonchev–Trinajstić information content (AvgIpc) is 3.04. The van der Waals surface area contributed by atoms with Gasteiger partial charge in [0.2, 0.25) is 11.8 Å². The van der Waals surface area contributed by atoms with Crippen molar-refractivity contribution in [3.8, 4) is 0 Å². The van der Waals surface area contributed by atoms with Crippen molar-refractivity contribution in [1.82, 2.24) is 15.1 Å². The molecule has 0 radical (unpaired) electrons. The van der Waals surface area contributed by atoms with Gasteiger partial charge in [0.25, 0.3) is 0 Å². The van der Waals surface area contributed by atoms with Gasteiger partial charge in [-0.1, -0.05) is 25.7 Å². The third-order valence-corrected chi connectivity index (χ3v) is 4.82. The Bertz CT molecular complexity index is 351. The first-order valence-electron chi connectivity index (χ1n) is 8.41. The van der Waals surface area contributed by atoms with Gasteiger partial charge in [-0.25, -0.2) is 0 Å². The zero-order valence-corrected chi connectivity index (χ0v) is 14.5. The van der Waals surface area contributed by atoms with Crippen molar-refractivity contribution in [1.29, 1.82) is 0 Å². The van der Waals surface area contributed by atoms with E-state index in [0.717, 1.165) is 18.9 Å². The molecule has 0 unspecified atom stereocenters. The van der Waals surface area contributed by atoms with E-state index in [1.54, 1.807) is 0 Å². The Morgan fingerprint density at radius 1 is 0.955 bits per heavy atom. The first kappa shape index (κ1) is 19.2. The fourth-order valence-electron chi connectivity index (χ4n) is 3.38. The summed E-state index contributed by atoms with van der Waals surface area (Å²) in [7, 11) is 1.86. The Morgan fingerprint density at radius 2 is 1.45 bits per heavy atom. The molecule has 2 amide bonds. The highest BCUT2D eigenvalue weighted by Crippen LogP contribution is 2.28. The van der Waals surface area contributed by atoms with Gasteiger partial charge in [-0.2, -0.15) is 0 Å². The predicted molar refractivity (Wildman–Crippen MR) is 90.1 cm³/mol. The van der Waals surface area contributed by atoms with Crippen molar-refractivity contribution in [2.45, 2.75) is 44.9 Å². The van der Waals surface area contributed by atoms with Crippen LogP contribution in [0.3, 0.4) is 0 Å². The molecule has 0 aromatic carbocycles. The molecule has 2 rings (SSSR count). The second-order valence-corrected chi connectivity index (χ2v) is 6.30. The molecule has 128 valence electrons. The van der Waals surface area contributed by atoms with Crippen LogP contribution in [0.4, 0.5) is 0 Å². The summed E-state index contributed by atoms with van der Waals surface area (Å²) in [6.07, 6.45) is 7.59. The lowest BCUT2D eigenvalue weighted by Crippen LogP contribution is -2.50. The van der Waals surface area contributed by atoms with Gasteiger partial charge in [-0.3, -0.25) is 9.59 Å². The van der Waals surface area contributed by atoms with E-state index >= 15 is 0 Å². The van der Waals surface area contributed by atoms with Crippen molar-refractivity contribution in [2.24, 2.45) is 5.92 Å². The molecule has 0 atom stereocenters. The normalized spacial score (nSPS) is 19.1. The Hall–Kier alpha value is -0.810. The Labute approximate surface area is 140 Å². The van der Waals surface area contributed by atoms with E-state index in [-0.39, 0.29) is 24.2 Å². The average molecular weight is 332 g/mol. The van der Waals surface area contributed by atoms with Gasteiger partial charge in [-0.15, -0.1) is 12.4 Å². The van der Waals surface area contributed by atoms with Gasteiger partial charge >= 0.3 is 0 Å². The maximum Gasteiger partial charge on any atom is 0.223 e. The maximum absolute atomic E-state index is 12.2. The van der Waals surface area contributed by atoms with Crippen LogP contribution in [0.5, 0.6) is 0 Å². The van der Waals surface area contributed by atoms with E-state index in [4.69, 9.17) is 0 Å². The number of halogens is 1. The lowest BCUT2D eigenvalue weighted by Gasteiger charge is -2.35. The zero-order valence-electron chi connectivity index (χ0n) is 13.7. The summed E-state index contributed by atoms with van der Waals surface area (Å²) in [5.74, 6) is 1.25. The highest BCUT2D eigenvalue weighted by Gasteiger charge is 2.24. The summed E-state index contributed by atoms with van der Waals surface area (Å²) in [5.41, 5.74) is 0. The van der Waals surface area contributed by atoms with Crippen LogP contribution in [0.15, 0.2) is 0 Å². The van der Waals surface area contributed by atoms with Gasteiger partial charge in [0.15, 0.2) is 0 Å². The van der Waals surface area contributed by atoms with E-state index in [1.165, 1.54) is 25.7 Å². The van der Waals surface area contributed by atoms with Gasteiger partial charge in [-0.05, 0) is 19.4 Å². The monoisotopic (exact) mass is 331 g/mol. The van der Waals surface area contributed by atoms with Crippen LogP contribution >= 0.6 is 12.4 Å². The molecule has 2 aliphatic rings. The summed E-state index contributed by atoms with van der Waals surface area (Å²) in [6.45, 7) is 3.51. The molecule has 0 bridgehead atoms. The lowest BCUT2D eigenvalue weighted by molar-refractivity contribution is -0.139. The second kappa shape index (κ2) is 10.1. The summed E-state index contributed by atoms with van der Waals surface area (Å²) in [4.78, 5) is 28.0. The van der Waals surface area contributed by atoms with Crippen LogP contribution < -0.4 is 5.32 Å². The first-order chi connectivity index (χ1) is 10.2. The minimum absolute atomic E-state index is 0. The number of hydrogen-bond donors (Lipinski definition) is 1. The third-order valence-electron chi connectivity index (χ3n) is 4.82. The predicted octanol–water partition coefficient (Wildman–Crippen LogP) is 1.66. The molecule has 6 heteroatoms. The van der Waals surface area contributed by atoms with Gasteiger partial charge in [0.1, 0.15) is 0 Å². The van der Waals surface area contributed by atoms with Crippen molar-refractivity contribution < 1.29 is 9.59 Å². The van der Waals surface area contributed by atoms with E-state index in [0.29, 0.717) is 39.0 Å². The highest BCUT2D eigenvalue weighted by molar-refractivity contribution is 5.85. The minimum Gasteiger partial charge on any atom is -0.339 e. The summed E-state index contributed by atoms with van der Waals surface area (Å²) < 4.78 is 0. The molecule has 0 aromatic rings. The summed E-state index contributed by atoms with van der Waals surface area (Å²) in [5, 5.41) is 3.00. The van der Waals surface area contributed by atoms with Crippen molar-refractivity contribution in [3.63, 3.8) is 0 Å². The fourth-order valence-corrected chi connectivity index (χ4v) is 3.38. The van der Waals surface area contributed by atoms with Crippen LogP contribution in [0.2, 0.25) is 0 Å². The van der Waals surface area contributed by atoms with Crippen molar-refractivity contribution >= 4 is 24.2 Å². The number of carbonyl (C=O) groups excluding carboxylic acids is 2. The number of amides is 2. The van der Waals surface area contributed by atoms with Crippen LogP contribution in [0.25, 0.3) is 0 Å². The lowest BCUT2D eigenvalue weighted by atomic mass is 10.0. The molecule has 0 aromatic heterocycles. The smallest absolute Gasteiger partial charge is 0.223 e. The zero-order chi connectivity index (χ0) is 15.1. The van der Waals surface area contributed by atoms with Crippen LogP contribution in [-0.4, -0.2) is 61.4 Å². The van der Waals surface area contributed by atoms with Crippen LogP contribution in [0.1, 0.15) is 44.9 Å². The molecule has 2 fully saturated rings. The fraction of sp³-hybridized carbons (Fsp3) is 0.875. The standard InChI is InChI=1S/C16H29N3O2.ClH/c1-17-9-8-16(21)19-12-10-18(11-13-19)15(20)7-6-14-4-2-3-5-14;/h14,17H,2-13H2,1H3;1H. The molecular formula is C16H30ClN3O2. The molecule has 0 spiro atoms. The topological polar surface area (TPSA) is 52.7 Å². The molecule has 1 aliphatic heterocycles. The van der Waals surface area contributed by atoms with Gasteiger partial charge < -0.3 is 15.1 Å². The van der Waals surface area contributed by atoms with E-state index in [1.807, 2.05) is 16.8 Å². The molecule has 1 N–H and O–H groups in total. The van der Waals surface area contributed by atoms with Crippen molar-refractivity contribution in [3.05, 3.63) is 0 Å². The number of rotatable bonds is 6. The number of carbonyl (C=O) groups is 2. The number of hydrogen-bond acceptors (Lipinski definition) is 3. The third kappa shape index (κ3) is 5.76. The van der Waals surface area contributed by atoms with Crippen molar-refractivity contribution in [2.75, 3.05) is 39.8 Å². The van der Waals surface area contributed by atoms with E-state index in [9.17, 15) is 9.59 Å². The maximum atomic E-state index is 12.2. The van der Waals surface area contributed by atoms with Gasteiger partial charge in [0.05, 0.1) is 0 Å². The molecule has 1 heterocycles. The molecule has 22 heavy (non-hydrogen) atoms. The Morgan fingerprint density at radius 3 is 1.95 bits per heavy atom. The molecule has 5 nitrogen and oxygen atoms in total. The quantitative estimate of drug-likeness (QED) is 0.805. The highest BCUT2D eigenvalue weighted by atomic mass is 35.5. The van der Waals surface area contributed by atoms with E-state index in [2.05, 4.69) is 5.32 Å². The Balaban J connectivity index is 0.00000242. The summed E-state index contributed by atoms with van der Waals surface area (Å²) in [6, 6.07) is 0. The minimum atomic E-state index is 0. The largest absolute Gasteiger partial charge is 0.339 e. The molecule has 1 aliphatic carbocycles. The summed E-state index contributed by atoms with van der Waals surface area (Å²) >= 11 is 0. The molecular weight excluding hydrogens is 302 g/mol. The van der Waals surface area contributed by atoms with E-state index < -0.39 is 0 Å². The Kier molecular flexibility index (Phi) is 8.79. The van der Waals surface area contributed by atoms with Gasteiger partial charge in [0, 0.05) is 45.6 Å².